The van der Waals surface area contributed by atoms with E-state index in [1.165, 1.54) is 18.2 Å². The molecule has 8 nitrogen and oxygen atoms in total. The quantitative estimate of drug-likeness (QED) is 0.399. The molecule has 2 rings (SSSR count). The van der Waals surface area contributed by atoms with Gasteiger partial charge in [0.05, 0.1) is 0 Å². The summed E-state index contributed by atoms with van der Waals surface area (Å²) < 4.78 is 30.9. The molecule has 0 aliphatic rings. The first-order valence-corrected chi connectivity index (χ1v) is 11.8. The van der Waals surface area contributed by atoms with Crippen molar-refractivity contribution in [3.05, 3.63) is 64.2 Å². The first-order valence-electron chi connectivity index (χ1n) is 7.81. The molecule has 0 bridgehead atoms. The fourth-order valence-corrected chi connectivity index (χ4v) is 5.09. The van der Waals surface area contributed by atoms with Crippen LogP contribution in [0.4, 0.5) is 11.4 Å². The van der Waals surface area contributed by atoms with Crippen molar-refractivity contribution < 1.29 is 22.8 Å². The molecule has 0 saturated carbocycles. The van der Waals surface area contributed by atoms with Crippen LogP contribution in [0, 0.1) is 10.1 Å². The Morgan fingerprint density at radius 3 is 2.42 bits per heavy atom. The van der Waals surface area contributed by atoms with E-state index in [1.54, 1.807) is 6.92 Å². The van der Waals surface area contributed by atoms with Gasteiger partial charge in [-0.3, -0.25) is 0 Å². The van der Waals surface area contributed by atoms with E-state index in [0.717, 1.165) is 11.8 Å². The van der Waals surface area contributed by atoms with Crippen molar-refractivity contribution in [3.63, 3.8) is 0 Å². The Morgan fingerprint density at radius 2 is 1.88 bits per heavy atom. The van der Waals surface area contributed by atoms with Crippen LogP contribution in [0.1, 0.15) is 12.5 Å². The Labute approximate surface area is 152 Å². The summed E-state index contributed by atoms with van der Waals surface area (Å²) in [4.78, 5) is 21.8. The number of nitrogens with one attached hydrogen (secondary N) is 1. The summed E-state index contributed by atoms with van der Waals surface area (Å²) in [6, 6.07) is 12.9. The Balaban J connectivity index is 2.42. The monoisotopic (exact) mass is 400 g/mol. The zero-order chi connectivity index (χ0) is 19.4. The van der Waals surface area contributed by atoms with Gasteiger partial charge in [0, 0.05) is 0 Å². The molecule has 0 amide bonds. The van der Waals surface area contributed by atoms with Gasteiger partial charge in [0.2, 0.25) is 0 Å². The number of hydrogen-bond donors (Lipinski definition) is 2. The topological polar surface area (TPSA) is 119 Å². The molecule has 2 aromatic carbocycles. The van der Waals surface area contributed by atoms with E-state index in [4.69, 9.17) is 4.52 Å². The van der Waals surface area contributed by atoms with Gasteiger partial charge in [-0.2, -0.15) is 0 Å². The molecule has 0 heterocycles. The van der Waals surface area contributed by atoms with Gasteiger partial charge in [-0.1, -0.05) is 0 Å². The third-order valence-electron chi connectivity index (χ3n) is 3.72. The summed E-state index contributed by atoms with van der Waals surface area (Å²) >= 11 is 0. The zero-order valence-electron chi connectivity index (χ0n) is 14.4. The number of rotatable bonds is 8. The number of benzene rings is 2. The zero-order valence-corrected chi connectivity index (χ0v) is 16.2. The second kappa shape index (κ2) is 8.09. The number of sulfonamides is 1. The van der Waals surface area contributed by atoms with Crippen LogP contribution in [0.5, 0.6) is 0 Å². The van der Waals surface area contributed by atoms with Crippen LogP contribution in [-0.4, -0.2) is 30.7 Å². The van der Waals surface area contributed by atoms with E-state index < -0.39 is 22.7 Å². The van der Waals surface area contributed by atoms with E-state index in [0.29, 0.717) is 0 Å². The molecule has 0 aliphatic heterocycles. The van der Waals surface area contributed by atoms with Gasteiger partial charge in [-0.05, 0) is 0 Å². The fraction of sp³-hybridized carbons (Fsp3) is 0.250. The average molecular weight is 400 g/mol. The Kier molecular flexibility index (Phi) is 6.30. The van der Waals surface area contributed by atoms with E-state index in [-0.39, 0.29) is 29.4 Å². The van der Waals surface area contributed by atoms with Crippen molar-refractivity contribution in [2.24, 2.45) is 0 Å². The van der Waals surface area contributed by atoms with Crippen LogP contribution < -0.4 is 10.0 Å². The van der Waals surface area contributed by atoms with E-state index in [9.17, 15) is 23.4 Å². The molecule has 0 unspecified atom stereocenters. The van der Waals surface area contributed by atoms with Gasteiger partial charge < -0.3 is 0 Å². The molecule has 26 heavy (non-hydrogen) atoms. The molecule has 0 atom stereocenters. The van der Waals surface area contributed by atoms with E-state index in [1.807, 2.05) is 30.3 Å². The van der Waals surface area contributed by atoms with E-state index in [2.05, 4.69) is 4.72 Å². The molecule has 0 saturated heterocycles. The van der Waals surface area contributed by atoms with E-state index >= 15 is 0 Å². The molecule has 142 valence electrons. The minimum atomic E-state index is -3.67. The van der Waals surface area contributed by atoms with Crippen molar-refractivity contribution in [2.75, 3.05) is 17.1 Å². The predicted molar refractivity (Wildman–Crippen MR) is 104 cm³/mol. The van der Waals surface area contributed by atoms with Crippen LogP contribution in [-0.2, 0) is 21.2 Å². The van der Waals surface area contributed by atoms with Crippen molar-refractivity contribution in [2.45, 2.75) is 13.5 Å². The minimum absolute atomic E-state index is 0.0228. The van der Waals surface area contributed by atoms with Gasteiger partial charge in [0.25, 0.3) is 0 Å². The van der Waals surface area contributed by atoms with Gasteiger partial charge >= 0.3 is 152 Å². The number of nitro groups is 1. The van der Waals surface area contributed by atoms with Crippen LogP contribution in [0.25, 0.3) is 0 Å². The van der Waals surface area contributed by atoms with Crippen molar-refractivity contribution in [3.8, 4) is 0 Å². The number of hydrogen-bond acceptors (Lipinski definition) is 6. The van der Waals surface area contributed by atoms with Crippen LogP contribution >= 0.6 is 7.72 Å². The number of nitrogens with zero attached hydrogens (tertiary/aromatic N) is 1. The standard InChI is InChI=1S/C16H21N2O6PS/c1-3-25(21,24-12-13-7-5-4-6-8-13)16-11-14(17-26(2,22)23)9-10-15(16)18(19)20/h4-11,17,21,25H,3,12H2,1-2H3. The fourth-order valence-electron chi connectivity index (χ4n) is 2.43. The Morgan fingerprint density at radius 1 is 1.23 bits per heavy atom. The third-order valence-corrected chi connectivity index (χ3v) is 7.15. The van der Waals surface area contributed by atoms with Gasteiger partial charge in [0.15, 0.2) is 0 Å². The molecular weight excluding hydrogens is 379 g/mol. The molecule has 0 radical (unpaired) electrons. The second-order valence-corrected chi connectivity index (χ2v) is 10.6. The average Bonchev–Trinajstić information content (AvgIpc) is 2.59. The molecule has 0 spiro atoms. The predicted octanol–water partition coefficient (Wildman–Crippen LogP) is 2.40. The summed E-state index contributed by atoms with van der Waals surface area (Å²) in [5, 5.41) is 11.4. The van der Waals surface area contributed by atoms with Gasteiger partial charge in [-0.15, -0.1) is 0 Å². The van der Waals surface area contributed by atoms with Crippen LogP contribution in [0.2, 0.25) is 0 Å². The normalized spacial score (nSPS) is 12.6. The van der Waals surface area contributed by atoms with Crippen molar-refractivity contribution in [1.29, 1.82) is 0 Å². The number of nitro benzene ring substituents is 1. The van der Waals surface area contributed by atoms with Gasteiger partial charge in [0.1, 0.15) is 0 Å². The van der Waals surface area contributed by atoms with Crippen LogP contribution in [0.15, 0.2) is 48.5 Å². The van der Waals surface area contributed by atoms with Crippen molar-refractivity contribution in [1.82, 2.24) is 0 Å². The molecular formula is C16H21N2O6PS. The Hall–Kier alpha value is -2.06. The first-order chi connectivity index (χ1) is 12.1. The summed E-state index contributed by atoms with van der Waals surface area (Å²) in [5.74, 6) is 0. The molecule has 2 N–H and O–H groups in total. The maximum absolute atomic E-state index is 11.4. The molecule has 0 aliphatic carbocycles. The summed E-state index contributed by atoms with van der Waals surface area (Å²) in [6.45, 7) is 1.77. The van der Waals surface area contributed by atoms with Crippen molar-refractivity contribution >= 4 is 34.4 Å². The molecule has 2 aromatic rings. The SMILES string of the molecule is CC[PH](O)(OCc1ccccc1)c1cc(NS(C)(=O)=O)ccc1[N+](=O)[O-]. The van der Waals surface area contributed by atoms with Gasteiger partial charge in [-0.25, -0.2) is 0 Å². The second-order valence-electron chi connectivity index (χ2n) is 5.78. The first kappa shape index (κ1) is 20.3. The molecule has 10 heteroatoms. The summed E-state index contributed by atoms with van der Waals surface area (Å²) in [6.07, 6.45) is 1.15. The van der Waals surface area contributed by atoms with Crippen LogP contribution in [0.3, 0.4) is 0 Å². The molecule has 0 fully saturated rings. The third kappa shape index (κ3) is 5.22. The summed E-state index contributed by atoms with van der Waals surface area (Å²) in [7, 11) is -7.23. The Bertz CT molecular complexity index is 891. The molecule has 0 aromatic heterocycles. The maximum atomic E-state index is 11.4. The summed E-state index contributed by atoms with van der Waals surface area (Å²) in [5.41, 5.74) is 0.656. The number of anilines is 1.